The smallest absolute Gasteiger partial charge is 0.224 e. The van der Waals surface area contributed by atoms with Crippen LogP contribution in [0.1, 0.15) is 74.2 Å². The molecule has 1 fully saturated rings. The SMILES string of the molecule is CC(C)n1nc(C2CCCC2)c2c1OC(N)=C(C#N)C2c1ccc(-n2ccnc2)cc1. The average Bonchev–Trinajstić information content (AvgIpc) is 3.53. The maximum Gasteiger partial charge on any atom is 0.224 e. The highest BCUT2D eigenvalue weighted by Crippen LogP contribution is 2.49. The monoisotopic (exact) mass is 414 g/mol. The van der Waals surface area contributed by atoms with Crippen molar-refractivity contribution in [1.82, 2.24) is 19.3 Å². The first kappa shape index (κ1) is 19.4. The molecule has 0 spiro atoms. The molecule has 0 saturated heterocycles. The Labute approximate surface area is 181 Å². The number of aromatic nitrogens is 4. The van der Waals surface area contributed by atoms with Crippen LogP contribution in [0.4, 0.5) is 0 Å². The van der Waals surface area contributed by atoms with Crippen LogP contribution in [0.15, 0.2) is 54.4 Å². The summed E-state index contributed by atoms with van der Waals surface area (Å²) in [5, 5.41) is 15.0. The normalized spacial score (nSPS) is 18.8. The number of nitrogens with zero attached hydrogens (tertiary/aromatic N) is 5. The van der Waals surface area contributed by atoms with Gasteiger partial charge in [0.2, 0.25) is 11.8 Å². The van der Waals surface area contributed by atoms with Gasteiger partial charge in [-0.2, -0.15) is 10.4 Å². The predicted molar refractivity (Wildman–Crippen MR) is 117 cm³/mol. The molecule has 3 aromatic rings. The number of fused-ring (bicyclic) bond motifs is 1. The molecule has 158 valence electrons. The number of nitriles is 1. The minimum atomic E-state index is -0.284. The van der Waals surface area contributed by atoms with Gasteiger partial charge in [0.15, 0.2) is 0 Å². The molecule has 1 unspecified atom stereocenters. The summed E-state index contributed by atoms with van der Waals surface area (Å²) in [5.74, 6) is 0.952. The lowest BCUT2D eigenvalue weighted by atomic mass is 9.81. The molecule has 1 atom stereocenters. The first-order valence-corrected chi connectivity index (χ1v) is 10.9. The van der Waals surface area contributed by atoms with Gasteiger partial charge in [0, 0.05) is 24.0 Å². The van der Waals surface area contributed by atoms with Crippen molar-refractivity contribution in [2.45, 2.75) is 57.4 Å². The van der Waals surface area contributed by atoms with E-state index in [1.165, 1.54) is 12.8 Å². The Morgan fingerprint density at radius 3 is 2.55 bits per heavy atom. The lowest BCUT2D eigenvalue weighted by molar-refractivity contribution is 0.334. The third-order valence-electron chi connectivity index (χ3n) is 6.36. The fourth-order valence-corrected chi connectivity index (χ4v) is 4.82. The summed E-state index contributed by atoms with van der Waals surface area (Å²) in [7, 11) is 0. The molecule has 0 radical (unpaired) electrons. The largest absolute Gasteiger partial charge is 0.422 e. The molecule has 1 aliphatic heterocycles. The molecule has 2 N–H and O–H groups in total. The van der Waals surface area contributed by atoms with Crippen molar-refractivity contribution >= 4 is 0 Å². The summed E-state index contributed by atoms with van der Waals surface area (Å²) in [6, 6.07) is 10.7. The average molecular weight is 415 g/mol. The number of allylic oxidation sites excluding steroid dienone is 1. The van der Waals surface area contributed by atoms with Gasteiger partial charge in [0.1, 0.15) is 11.6 Å². The zero-order chi connectivity index (χ0) is 21.5. The van der Waals surface area contributed by atoms with Gasteiger partial charge in [0.05, 0.1) is 29.5 Å². The minimum Gasteiger partial charge on any atom is -0.422 e. The van der Waals surface area contributed by atoms with E-state index in [0.717, 1.165) is 35.3 Å². The maximum atomic E-state index is 9.99. The molecular formula is C24H26N6O. The van der Waals surface area contributed by atoms with Crippen molar-refractivity contribution < 1.29 is 4.74 Å². The highest BCUT2D eigenvalue weighted by atomic mass is 16.5. The highest BCUT2D eigenvalue weighted by molar-refractivity contribution is 5.57. The van der Waals surface area contributed by atoms with E-state index in [2.05, 4.69) is 37.0 Å². The predicted octanol–water partition coefficient (Wildman–Crippen LogP) is 4.53. The first-order valence-electron chi connectivity index (χ1n) is 10.9. The van der Waals surface area contributed by atoms with Gasteiger partial charge in [-0.3, -0.25) is 0 Å². The van der Waals surface area contributed by atoms with Crippen LogP contribution in [0.25, 0.3) is 5.69 Å². The van der Waals surface area contributed by atoms with Crippen LogP contribution >= 0.6 is 0 Å². The van der Waals surface area contributed by atoms with Crippen LogP contribution in [0, 0.1) is 11.3 Å². The molecule has 1 aromatic carbocycles. The lowest BCUT2D eigenvalue weighted by Gasteiger charge is -2.26. The number of benzene rings is 1. The van der Waals surface area contributed by atoms with Crippen LogP contribution in [0.3, 0.4) is 0 Å². The van der Waals surface area contributed by atoms with Gasteiger partial charge in [-0.25, -0.2) is 9.67 Å². The van der Waals surface area contributed by atoms with Crippen LogP contribution in [0.2, 0.25) is 0 Å². The van der Waals surface area contributed by atoms with E-state index in [-0.39, 0.29) is 17.8 Å². The van der Waals surface area contributed by atoms with Gasteiger partial charge >= 0.3 is 0 Å². The first-order chi connectivity index (χ1) is 15.1. The second kappa shape index (κ2) is 7.62. The van der Waals surface area contributed by atoms with Gasteiger partial charge in [-0.05, 0) is 44.4 Å². The van der Waals surface area contributed by atoms with E-state index in [1.807, 2.05) is 27.6 Å². The molecule has 0 bridgehead atoms. The van der Waals surface area contributed by atoms with Crippen LogP contribution in [0.5, 0.6) is 5.88 Å². The van der Waals surface area contributed by atoms with Gasteiger partial charge in [-0.15, -0.1) is 0 Å². The summed E-state index contributed by atoms with van der Waals surface area (Å²) in [5.41, 5.74) is 10.8. The van der Waals surface area contributed by atoms with E-state index in [0.29, 0.717) is 17.4 Å². The number of hydrogen-bond donors (Lipinski definition) is 1. The maximum absolute atomic E-state index is 9.99. The van der Waals surface area contributed by atoms with Crippen molar-refractivity contribution in [3.63, 3.8) is 0 Å². The summed E-state index contributed by atoms with van der Waals surface area (Å²) in [6.07, 6.45) is 10.1. The molecule has 1 saturated carbocycles. The lowest BCUT2D eigenvalue weighted by Crippen LogP contribution is -2.23. The number of nitrogens with two attached hydrogens (primary N) is 1. The van der Waals surface area contributed by atoms with E-state index in [9.17, 15) is 5.26 Å². The Morgan fingerprint density at radius 1 is 1.19 bits per heavy atom. The highest BCUT2D eigenvalue weighted by Gasteiger charge is 2.39. The molecule has 2 aliphatic rings. The summed E-state index contributed by atoms with van der Waals surface area (Å²) < 4.78 is 9.91. The Kier molecular flexibility index (Phi) is 4.78. The fraction of sp³-hybridized carbons (Fsp3) is 0.375. The van der Waals surface area contributed by atoms with Crippen LogP contribution in [-0.4, -0.2) is 19.3 Å². The van der Waals surface area contributed by atoms with E-state index >= 15 is 0 Å². The topological polar surface area (TPSA) is 94.7 Å². The second-order valence-corrected chi connectivity index (χ2v) is 8.61. The van der Waals surface area contributed by atoms with Gasteiger partial charge in [-0.1, -0.05) is 25.0 Å². The Bertz CT molecular complexity index is 1160. The molecule has 31 heavy (non-hydrogen) atoms. The fourth-order valence-electron chi connectivity index (χ4n) is 4.82. The quantitative estimate of drug-likeness (QED) is 0.677. The van der Waals surface area contributed by atoms with Crippen molar-refractivity contribution in [2.75, 3.05) is 0 Å². The van der Waals surface area contributed by atoms with Crippen molar-refractivity contribution in [3.8, 4) is 17.6 Å². The number of hydrogen-bond acceptors (Lipinski definition) is 5. The molecule has 7 nitrogen and oxygen atoms in total. The van der Waals surface area contributed by atoms with Crippen molar-refractivity contribution in [1.29, 1.82) is 5.26 Å². The number of imidazole rings is 1. The van der Waals surface area contributed by atoms with E-state index in [1.54, 1.807) is 12.5 Å². The third kappa shape index (κ3) is 3.19. The molecule has 1 aliphatic carbocycles. The standard InChI is InChI=1S/C24H26N6O/c1-15(2)30-24-21(22(28-30)17-5-3-4-6-17)20(19(13-25)23(26)31-24)16-7-9-18(10-8-16)29-12-11-27-14-29/h7-12,14-15,17,20H,3-6,26H2,1-2H3. The number of rotatable bonds is 4. The Hall–Kier alpha value is -3.53. The van der Waals surface area contributed by atoms with Gasteiger partial charge in [0.25, 0.3) is 0 Å². The van der Waals surface area contributed by atoms with E-state index < -0.39 is 0 Å². The second-order valence-electron chi connectivity index (χ2n) is 8.61. The summed E-state index contributed by atoms with van der Waals surface area (Å²) >= 11 is 0. The van der Waals surface area contributed by atoms with Gasteiger partial charge < -0.3 is 15.0 Å². The molecule has 0 amide bonds. The summed E-state index contributed by atoms with van der Waals surface area (Å²) in [4.78, 5) is 4.12. The zero-order valence-corrected chi connectivity index (χ0v) is 17.8. The number of ether oxygens (including phenoxy) is 1. The molecule has 3 heterocycles. The zero-order valence-electron chi connectivity index (χ0n) is 17.8. The molecular weight excluding hydrogens is 388 g/mol. The summed E-state index contributed by atoms with van der Waals surface area (Å²) in [6.45, 7) is 4.17. The molecule has 5 rings (SSSR count). The third-order valence-corrected chi connectivity index (χ3v) is 6.36. The Balaban J connectivity index is 1.67. The Morgan fingerprint density at radius 2 is 1.94 bits per heavy atom. The van der Waals surface area contributed by atoms with E-state index in [4.69, 9.17) is 15.6 Å². The molecule has 7 heteroatoms. The molecule has 2 aromatic heterocycles. The van der Waals surface area contributed by atoms with Crippen molar-refractivity contribution in [3.05, 3.63) is 71.3 Å². The minimum absolute atomic E-state index is 0.129. The van der Waals surface area contributed by atoms with Crippen molar-refractivity contribution in [2.24, 2.45) is 5.73 Å². The van der Waals surface area contributed by atoms with Crippen LogP contribution in [-0.2, 0) is 0 Å². The van der Waals surface area contributed by atoms with Crippen LogP contribution < -0.4 is 10.5 Å².